The second-order valence-electron chi connectivity index (χ2n) is 5.46. The number of hydrogen-bond donors (Lipinski definition) is 1. The summed E-state index contributed by atoms with van der Waals surface area (Å²) in [5.74, 6) is -2.84. The van der Waals surface area contributed by atoms with Gasteiger partial charge in [0.2, 0.25) is 0 Å². The first-order valence-electron chi connectivity index (χ1n) is 6.92. The second kappa shape index (κ2) is 7.54. The predicted octanol–water partition coefficient (Wildman–Crippen LogP) is 2.26. The van der Waals surface area contributed by atoms with Crippen LogP contribution in [0.1, 0.15) is 43.7 Å². The van der Waals surface area contributed by atoms with E-state index in [2.05, 4.69) is 0 Å². The van der Waals surface area contributed by atoms with Crippen molar-refractivity contribution in [3.63, 3.8) is 0 Å². The molecule has 8 heteroatoms. The zero-order valence-corrected chi connectivity index (χ0v) is 13.9. The van der Waals surface area contributed by atoms with Crippen molar-refractivity contribution in [2.45, 2.75) is 44.1 Å². The summed E-state index contributed by atoms with van der Waals surface area (Å²) in [6, 6.07) is 2.57. The van der Waals surface area contributed by atoms with E-state index >= 15 is 0 Å². The molecule has 0 amide bonds. The Morgan fingerprint density at radius 2 is 1.87 bits per heavy atom. The molecule has 0 unspecified atom stereocenters. The number of carboxylic acid groups (broad SMARTS) is 1. The van der Waals surface area contributed by atoms with E-state index in [1.807, 2.05) is 0 Å². The van der Waals surface area contributed by atoms with Crippen molar-refractivity contribution in [3.8, 4) is 0 Å². The Balaban J connectivity index is 3.06. The van der Waals surface area contributed by atoms with E-state index in [1.54, 1.807) is 13.8 Å². The van der Waals surface area contributed by atoms with Crippen LogP contribution in [0.5, 0.6) is 0 Å². The number of esters is 1. The smallest absolute Gasteiger partial charge is 0.306 e. The molecule has 0 saturated heterocycles. The third kappa shape index (κ3) is 5.63. The molecule has 1 aromatic carbocycles. The van der Waals surface area contributed by atoms with Crippen molar-refractivity contribution in [1.29, 1.82) is 0 Å². The first-order chi connectivity index (χ1) is 10.5. The first-order valence-corrected chi connectivity index (χ1v) is 8.81. The van der Waals surface area contributed by atoms with Gasteiger partial charge in [0.15, 0.2) is 9.84 Å². The highest BCUT2D eigenvalue weighted by Crippen LogP contribution is 2.26. The van der Waals surface area contributed by atoms with Gasteiger partial charge in [-0.2, -0.15) is 0 Å². The first kappa shape index (κ1) is 19.1. The largest absolute Gasteiger partial charge is 0.481 e. The molecule has 1 aromatic rings. The molecular weight excluding hydrogens is 327 g/mol. The van der Waals surface area contributed by atoms with Gasteiger partial charge >= 0.3 is 11.9 Å². The Labute approximate surface area is 134 Å². The maximum atomic E-state index is 14.2. The molecular formula is C15H19FO6S. The van der Waals surface area contributed by atoms with Gasteiger partial charge in [0.1, 0.15) is 12.4 Å². The van der Waals surface area contributed by atoms with Crippen molar-refractivity contribution < 1.29 is 32.2 Å². The normalized spacial score (nSPS) is 11.5. The van der Waals surface area contributed by atoms with Crippen molar-refractivity contribution in [3.05, 3.63) is 29.1 Å². The van der Waals surface area contributed by atoms with Crippen LogP contribution in [0.3, 0.4) is 0 Å². The van der Waals surface area contributed by atoms with Gasteiger partial charge in [-0.3, -0.25) is 9.59 Å². The molecule has 6 nitrogen and oxygen atoms in total. The second-order valence-corrected chi connectivity index (χ2v) is 7.44. The summed E-state index contributed by atoms with van der Waals surface area (Å²) < 4.78 is 42.7. The van der Waals surface area contributed by atoms with Gasteiger partial charge < -0.3 is 9.84 Å². The van der Waals surface area contributed by atoms with Gasteiger partial charge in [-0.1, -0.05) is 13.8 Å². The van der Waals surface area contributed by atoms with Crippen molar-refractivity contribution >= 4 is 21.8 Å². The Morgan fingerprint density at radius 3 is 2.35 bits per heavy atom. The van der Waals surface area contributed by atoms with Crippen LogP contribution in [0, 0.1) is 5.82 Å². The van der Waals surface area contributed by atoms with Crippen LogP contribution in [-0.2, 0) is 30.8 Å². The number of carboxylic acids is 1. The highest BCUT2D eigenvalue weighted by Gasteiger charge is 2.21. The lowest BCUT2D eigenvalue weighted by atomic mass is 10.0. The van der Waals surface area contributed by atoms with E-state index in [1.165, 1.54) is 12.1 Å². The Hall–Kier alpha value is -1.96. The molecule has 0 spiro atoms. The lowest BCUT2D eigenvalue weighted by Gasteiger charge is -2.14. The van der Waals surface area contributed by atoms with E-state index < -0.39 is 40.6 Å². The van der Waals surface area contributed by atoms with Crippen molar-refractivity contribution in [2.24, 2.45) is 0 Å². The minimum absolute atomic E-state index is 0.0721. The summed E-state index contributed by atoms with van der Waals surface area (Å²) in [5, 5.41) is 8.48. The molecule has 0 aromatic heterocycles. The fourth-order valence-corrected chi connectivity index (χ4v) is 2.82. The Kier molecular flexibility index (Phi) is 6.26. The highest BCUT2D eigenvalue weighted by atomic mass is 32.2. The summed E-state index contributed by atoms with van der Waals surface area (Å²) in [7, 11) is -3.71. The monoisotopic (exact) mass is 346 g/mol. The van der Waals surface area contributed by atoms with Crippen LogP contribution in [0.25, 0.3) is 0 Å². The van der Waals surface area contributed by atoms with Gasteiger partial charge in [-0.05, 0) is 23.6 Å². The fraction of sp³-hybridized carbons (Fsp3) is 0.467. The molecule has 0 radical (unpaired) electrons. The van der Waals surface area contributed by atoms with Gasteiger partial charge in [-0.15, -0.1) is 0 Å². The number of carbonyl (C=O) groups is 2. The number of ether oxygens (including phenoxy) is 1. The summed E-state index contributed by atoms with van der Waals surface area (Å²) in [4.78, 5) is 21.6. The number of rotatable bonds is 7. The predicted molar refractivity (Wildman–Crippen MR) is 80.3 cm³/mol. The zero-order chi connectivity index (χ0) is 17.8. The fourth-order valence-electron chi connectivity index (χ4n) is 1.87. The average molecular weight is 346 g/mol. The number of hydrogen-bond acceptors (Lipinski definition) is 5. The number of sulfone groups is 1. The van der Waals surface area contributed by atoms with Crippen LogP contribution >= 0.6 is 0 Å². The quantitative estimate of drug-likeness (QED) is 0.761. The topological polar surface area (TPSA) is 97.7 Å². The molecule has 0 fully saturated rings. The number of benzene rings is 1. The molecule has 128 valence electrons. The van der Waals surface area contributed by atoms with Crippen LogP contribution in [0.2, 0.25) is 0 Å². The van der Waals surface area contributed by atoms with Gasteiger partial charge in [-0.25, -0.2) is 12.8 Å². The van der Waals surface area contributed by atoms with Crippen LogP contribution in [0.15, 0.2) is 17.0 Å². The lowest BCUT2D eigenvalue weighted by Crippen LogP contribution is -2.12. The Morgan fingerprint density at radius 1 is 1.26 bits per heavy atom. The van der Waals surface area contributed by atoms with Crippen molar-refractivity contribution in [2.75, 3.05) is 6.26 Å². The molecule has 1 rings (SSSR count). The zero-order valence-electron chi connectivity index (χ0n) is 13.1. The van der Waals surface area contributed by atoms with Crippen LogP contribution in [-0.4, -0.2) is 31.7 Å². The summed E-state index contributed by atoms with van der Waals surface area (Å²) in [5.41, 5.74) is 0.282. The molecule has 0 aliphatic carbocycles. The molecule has 0 aliphatic heterocycles. The molecule has 23 heavy (non-hydrogen) atoms. The molecule has 0 atom stereocenters. The maximum Gasteiger partial charge on any atom is 0.306 e. The molecule has 0 aliphatic rings. The van der Waals surface area contributed by atoms with E-state index in [0.29, 0.717) is 5.56 Å². The van der Waals surface area contributed by atoms with Gasteiger partial charge in [0.25, 0.3) is 0 Å². The minimum Gasteiger partial charge on any atom is -0.481 e. The molecule has 1 N–H and O–H groups in total. The number of carbonyl (C=O) groups excluding carboxylic acids is 1. The SMILES string of the molecule is CC(C)c1cc(F)c(COC(=O)CCC(=O)O)c(S(C)(=O)=O)c1. The van der Waals surface area contributed by atoms with Crippen LogP contribution < -0.4 is 0 Å². The number of aliphatic carboxylic acids is 1. The Bertz CT molecular complexity index is 709. The summed E-state index contributed by atoms with van der Waals surface area (Å²) in [6.07, 6.45) is 0.170. The van der Waals surface area contributed by atoms with E-state index in [-0.39, 0.29) is 22.8 Å². The number of halogens is 1. The molecule has 0 heterocycles. The van der Waals surface area contributed by atoms with Crippen molar-refractivity contribution in [1.82, 2.24) is 0 Å². The van der Waals surface area contributed by atoms with E-state index in [0.717, 1.165) is 6.26 Å². The van der Waals surface area contributed by atoms with Gasteiger partial charge in [0, 0.05) is 11.8 Å². The average Bonchev–Trinajstić information content (AvgIpc) is 2.41. The molecule has 0 bridgehead atoms. The summed E-state index contributed by atoms with van der Waals surface area (Å²) >= 11 is 0. The summed E-state index contributed by atoms with van der Waals surface area (Å²) in [6.45, 7) is 3.03. The van der Waals surface area contributed by atoms with E-state index in [4.69, 9.17) is 9.84 Å². The van der Waals surface area contributed by atoms with Gasteiger partial charge in [0.05, 0.1) is 17.7 Å². The third-order valence-electron chi connectivity index (χ3n) is 3.16. The lowest BCUT2D eigenvalue weighted by molar-refractivity contribution is -0.148. The minimum atomic E-state index is -3.71. The highest BCUT2D eigenvalue weighted by molar-refractivity contribution is 7.90. The third-order valence-corrected chi connectivity index (χ3v) is 4.33. The molecule has 0 saturated carbocycles. The maximum absolute atomic E-state index is 14.2. The van der Waals surface area contributed by atoms with E-state index in [9.17, 15) is 22.4 Å². The standard InChI is InChI=1S/C15H19FO6S/c1-9(2)10-6-12(16)11(13(7-10)23(3,20)21)8-22-15(19)5-4-14(17)18/h6-7,9H,4-5,8H2,1-3H3,(H,17,18). The van der Waals surface area contributed by atoms with Crippen LogP contribution in [0.4, 0.5) is 4.39 Å².